The van der Waals surface area contributed by atoms with Gasteiger partial charge in [-0.2, -0.15) is 0 Å². The number of aliphatic hydroxyl groups is 6. The number of Topliss-reactive ketones (excluding diaryl/α,β-unsaturated/α-hetero) is 1. The van der Waals surface area contributed by atoms with E-state index >= 15 is 0 Å². The van der Waals surface area contributed by atoms with E-state index in [0.29, 0.717) is 51.5 Å². The Morgan fingerprint density at radius 2 is 1.29 bits per heavy atom. The molecule has 18 nitrogen and oxygen atoms in total. The highest BCUT2D eigenvalue weighted by atomic mass is 16.7. The average molecular weight is 709 g/mol. The highest BCUT2D eigenvalue weighted by Gasteiger charge is 2.45. The number of ketones is 1. The molecular weight excluding hydrogens is 652 g/mol. The number of unbranched alkanes of at least 4 members (excludes halogenated alkanes) is 3. The third-order valence-corrected chi connectivity index (χ3v) is 8.41. The number of carbonyl (C=O) groups is 4. The minimum absolute atomic E-state index is 0.146. The van der Waals surface area contributed by atoms with E-state index in [4.69, 9.17) is 24.7 Å². The summed E-state index contributed by atoms with van der Waals surface area (Å²) in [5, 5.41) is 66.9. The molecule has 18 heteroatoms. The second-order valence-electron chi connectivity index (χ2n) is 12.4. The molecule has 2 aliphatic rings. The molecule has 0 aromatic carbocycles. The van der Waals surface area contributed by atoms with Crippen LogP contribution < -0.4 is 21.7 Å². The van der Waals surface area contributed by atoms with Crippen LogP contribution in [0.25, 0.3) is 0 Å². The fraction of sp³-hybridized carbons (Fsp3) is 0.871. The molecule has 49 heavy (non-hydrogen) atoms. The van der Waals surface area contributed by atoms with Crippen molar-refractivity contribution in [3.8, 4) is 0 Å². The standard InChI is InChI=1S/C31H56N4O14/c1-17(38)19(35-23(41)11-5-8-13-46-30-24(32)28(44)26(42)20(15-36)48-30)9-3-6-12-33-22(40)10-4-7-14-47-31-25(34-18(2)39)29(45)27(43)21(16-37)49-31/h19-21,24-31,36-37,42-45H,3-16,32H2,1-2H3,(H,33,40)(H,34,39)(H,35,41)/t19-,20?,21?,24?,25?,26?,27?,28?,29?,30?,31?/m0/s1. The average Bonchev–Trinajstić information content (AvgIpc) is 3.06. The number of nitrogens with two attached hydrogens (primary N) is 1. The third kappa shape index (κ3) is 14.4. The maximum Gasteiger partial charge on any atom is 0.220 e. The zero-order valence-corrected chi connectivity index (χ0v) is 28.3. The van der Waals surface area contributed by atoms with Crippen molar-refractivity contribution in [3.63, 3.8) is 0 Å². The monoisotopic (exact) mass is 708 g/mol. The Labute approximate surface area is 286 Å². The number of rotatable bonds is 22. The predicted octanol–water partition coefficient (Wildman–Crippen LogP) is -3.57. The van der Waals surface area contributed by atoms with E-state index in [9.17, 15) is 49.8 Å². The van der Waals surface area contributed by atoms with E-state index in [2.05, 4.69) is 16.0 Å². The highest BCUT2D eigenvalue weighted by molar-refractivity contribution is 5.87. The van der Waals surface area contributed by atoms with Crippen molar-refractivity contribution < 1.29 is 68.8 Å². The molecule has 2 saturated heterocycles. The van der Waals surface area contributed by atoms with Crippen LogP contribution in [0, 0.1) is 0 Å². The van der Waals surface area contributed by atoms with Crippen LogP contribution in [0.1, 0.15) is 71.6 Å². The molecule has 0 aromatic rings. The van der Waals surface area contributed by atoms with Crippen molar-refractivity contribution in [2.24, 2.45) is 5.73 Å². The van der Waals surface area contributed by atoms with E-state index in [-0.39, 0.29) is 43.7 Å². The van der Waals surface area contributed by atoms with Gasteiger partial charge in [0, 0.05) is 39.5 Å². The summed E-state index contributed by atoms with van der Waals surface area (Å²) in [4.78, 5) is 48.2. The van der Waals surface area contributed by atoms with Crippen LogP contribution in [0.3, 0.4) is 0 Å². The van der Waals surface area contributed by atoms with E-state index in [1.165, 1.54) is 13.8 Å². The zero-order chi connectivity index (χ0) is 36.5. The normalized spacial score (nSPS) is 30.7. The van der Waals surface area contributed by atoms with Crippen LogP contribution in [0.15, 0.2) is 0 Å². The summed E-state index contributed by atoms with van der Waals surface area (Å²) in [7, 11) is 0. The molecule has 3 amide bonds. The lowest BCUT2D eigenvalue weighted by molar-refractivity contribution is -0.270. The molecule has 0 spiro atoms. The van der Waals surface area contributed by atoms with Gasteiger partial charge in [0.1, 0.15) is 42.7 Å². The van der Waals surface area contributed by atoms with E-state index in [1.54, 1.807) is 0 Å². The maximum atomic E-state index is 12.4. The number of ether oxygens (including phenoxy) is 4. The van der Waals surface area contributed by atoms with Crippen LogP contribution in [0.2, 0.25) is 0 Å². The molecule has 284 valence electrons. The fourth-order valence-electron chi connectivity index (χ4n) is 5.47. The van der Waals surface area contributed by atoms with E-state index in [1.807, 2.05) is 0 Å². The molecular formula is C31H56N4O14. The van der Waals surface area contributed by atoms with Gasteiger partial charge < -0.3 is 71.3 Å². The SMILES string of the molecule is CC(=O)NC1C(OCCCCC(=O)NCCCC[C@H](NC(=O)CCCCOC2OC(CO)C(O)C(O)C2N)C(C)=O)OC(CO)C(O)C1O. The summed E-state index contributed by atoms with van der Waals surface area (Å²) in [6, 6.07) is -2.67. The summed E-state index contributed by atoms with van der Waals surface area (Å²) in [5.41, 5.74) is 5.84. The summed E-state index contributed by atoms with van der Waals surface area (Å²) in [5.74, 6) is -1.08. The lowest BCUT2D eigenvalue weighted by Gasteiger charge is -2.42. The number of nitrogens with one attached hydrogen (secondary N) is 3. The van der Waals surface area contributed by atoms with Gasteiger partial charge >= 0.3 is 0 Å². The minimum Gasteiger partial charge on any atom is -0.394 e. The second kappa shape index (κ2) is 22.5. The van der Waals surface area contributed by atoms with Crippen molar-refractivity contribution in [3.05, 3.63) is 0 Å². The Morgan fingerprint density at radius 1 is 0.735 bits per heavy atom. The molecule has 2 aliphatic heterocycles. The van der Waals surface area contributed by atoms with Gasteiger partial charge in [-0.25, -0.2) is 0 Å². The molecule has 0 radical (unpaired) electrons. The van der Waals surface area contributed by atoms with Crippen molar-refractivity contribution in [2.45, 2.75) is 139 Å². The quantitative estimate of drug-likeness (QED) is 0.0487. The molecule has 10 unspecified atom stereocenters. The summed E-state index contributed by atoms with van der Waals surface area (Å²) < 4.78 is 22.1. The molecule has 2 rings (SSSR count). The van der Waals surface area contributed by atoms with Crippen LogP contribution in [-0.4, -0.2) is 154 Å². The van der Waals surface area contributed by atoms with Crippen LogP contribution in [-0.2, 0) is 38.1 Å². The molecule has 11 atom stereocenters. The van der Waals surface area contributed by atoms with Crippen LogP contribution >= 0.6 is 0 Å². The first-order chi connectivity index (χ1) is 23.3. The van der Waals surface area contributed by atoms with Gasteiger partial charge in [-0.3, -0.25) is 19.2 Å². The molecule has 0 saturated carbocycles. The van der Waals surface area contributed by atoms with E-state index in [0.717, 1.165) is 0 Å². The summed E-state index contributed by atoms with van der Waals surface area (Å²) >= 11 is 0. The Hall–Kier alpha value is -2.36. The van der Waals surface area contributed by atoms with Crippen LogP contribution in [0.4, 0.5) is 0 Å². The number of hydrogen-bond donors (Lipinski definition) is 10. The smallest absolute Gasteiger partial charge is 0.220 e. The van der Waals surface area contributed by atoms with Gasteiger partial charge in [0.15, 0.2) is 18.4 Å². The number of hydrogen-bond acceptors (Lipinski definition) is 15. The largest absolute Gasteiger partial charge is 0.394 e. The molecule has 0 aromatic heterocycles. The second-order valence-corrected chi connectivity index (χ2v) is 12.4. The molecule has 2 fully saturated rings. The van der Waals surface area contributed by atoms with Crippen molar-refractivity contribution >= 4 is 23.5 Å². The Bertz CT molecular complexity index is 1020. The molecule has 0 bridgehead atoms. The third-order valence-electron chi connectivity index (χ3n) is 8.41. The molecule has 11 N–H and O–H groups in total. The molecule has 2 heterocycles. The predicted molar refractivity (Wildman–Crippen MR) is 170 cm³/mol. The summed E-state index contributed by atoms with van der Waals surface area (Å²) in [6.07, 6.45) is -5.75. The van der Waals surface area contributed by atoms with Crippen molar-refractivity contribution in [2.75, 3.05) is 33.0 Å². The Balaban J connectivity index is 1.56. The number of amides is 3. The van der Waals surface area contributed by atoms with Crippen LogP contribution in [0.5, 0.6) is 0 Å². The number of aliphatic hydroxyl groups excluding tert-OH is 6. The van der Waals surface area contributed by atoms with Gasteiger partial charge in [0.25, 0.3) is 0 Å². The maximum absolute atomic E-state index is 12.4. The first-order valence-electron chi connectivity index (χ1n) is 16.9. The minimum atomic E-state index is -1.40. The number of carbonyl (C=O) groups excluding carboxylic acids is 4. The fourth-order valence-corrected chi connectivity index (χ4v) is 5.47. The lowest BCUT2D eigenvalue weighted by Crippen LogP contribution is -2.64. The van der Waals surface area contributed by atoms with E-state index < -0.39 is 86.5 Å². The van der Waals surface area contributed by atoms with Gasteiger partial charge in [0.05, 0.1) is 25.3 Å². The van der Waals surface area contributed by atoms with Gasteiger partial charge in [-0.05, 0) is 51.9 Å². The topological polar surface area (TPSA) is 289 Å². The van der Waals surface area contributed by atoms with Crippen molar-refractivity contribution in [1.29, 1.82) is 0 Å². The lowest BCUT2D eigenvalue weighted by atomic mass is 9.97. The van der Waals surface area contributed by atoms with Gasteiger partial charge in [-0.1, -0.05) is 0 Å². The Kier molecular flexibility index (Phi) is 19.6. The summed E-state index contributed by atoms with van der Waals surface area (Å²) in [6.45, 7) is 2.31. The van der Waals surface area contributed by atoms with Gasteiger partial charge in [-0.15, -0.1) is 0 Å². The zero-order valence-electron chi connectivity index (χ0n) is 28.3. The first-order valence-corrected chi connectivity index (χ1v) is 16.9. The Morgan fingerprint density at radius 3 is 1.86 bits per heavy atom. The highest BCUT2D eigenvalue weighted by Crippen LogP contribution is 2.23. The van der Waals surface area contributed by atoms with Gasteiger partial charge in [0.2, 0.25) is 17.7 Å². The first kappa shape index (κ1) is 42.8. The molecule has 0 aliphatic carbocycles. The van der Waals surface area contributed by atoms with Crippen molar-refractivity contribution in [1.82, 2.24) is 16.0 Å².